The summed E-state index contributed by atoms with van der Waals surface area (Å²) < 4.78 is 25.5. The third-order valence-corrected chi connectivity index (χ3v) is 2.28. The highest BCUT2D eigenvalue weighted by Crippen LogP contribution is 2.14. The van der Waals surface area contributed by atoms with Crippen molar-refractivity contribution in [2.75, 3.05) is 5.32 Å². The predicted molar refractivity (Wildman–Crippen MR) is 69.1 cm³/mol. The number of anilines is 1. The zero-order chi connectivity index (χ0) is 13.7. The summed E-state index contributed by atoms with van der Waals surface area (Å²) in [7, 11) is 0. The summed E-state index contributed by atoms with van der Waals surface area (Å²) in [5.41, 5.74) is 0.997. The molecule has 0 aliphatic carbocycles. The molecule has 2 rings (SSSR count). The van der Waals surface area contributed by atoms with Crippen LogP contribution in [0.2, 0.25) is 0 Å². The van der Waals surface area contributed by atoms with Crippen LogP contribution in [0.4, 0.5) is 20.2 Å². The van der Waals surface area contributed by atoms with E-state index in [0.29, 0.717) is 11.4 Å². The Morgan fingerprint density at radius 2 is 1.47 bits per heavy atom. The summed E-state index contributed by atoms with van der Waals surface area (Å²) in [4.78, 5) is 4.02. The summed E-state index contributed by atoms with van der Waals surface area (Å²) in [5, 5.41) is 11.7. The highest BCUT2D eigenvalue weighted by atomic mass is 19.1. The maximum atomic E-state index is 12.7. The number of hydrogen-bond donors (Lipinski definition) is 1. The van der Waals surface area contributed by atoms with Gasteiger partial charge < -0.3 is 5.32 Å². The molecule has 2 aromatic rings. The second-order valence-corrected chi connectivity index (χ2v) is 3.68. The predicted octanol–water partition coefficient (Wildman–Crippen LogP) is 3.63. The highest BCUT2D eigenvalue weighted by molar-refractivity contribution is 6.07. The molecule has 0 spiro atoms. The number of nitrogens with zero attached hydrogens (tertiary/aromatic N) is 2. The van der Waals surface area contributed by atoms with E-state index in [2.05, 4.69) is 10.3 Å². The fraction of sp³-hybridized carbons (Fsp3) is 0. The molecule has 0 fully saturated rings. The molecule has 0 unspecified atom stereocenters. The number of benzene rings is 2. The van der Waals surface area contributed by atoms with Gasteiger partial charge in [-0.2, -0.15) is 5.26 Å². The van der Waals surface area contributed by atoms with Crippen LogP contribution in [0.3, 0.4) is 0 Å². The Morgan fingerprint density at radius 1 is 0.947 bits per heavy atom. The van der Waals surface area contributed by atoms with Gasteiger partial charge in [-0.3, -0.25) is 0 Å². The summed E-state index contributed by atoms with van der Waals surface area (Å²) in [5.74, 6) is -0.693. The van der Waals surface area contributed by atoms with Gasteiger partial charge in [0.05, 0.1) is 5.69 Å². The lowest BCUT2D eigenvalue weighted by atomic mass is 10.3. The van der Waals surface area contributed by atoms with Crippen LogP contribution in [-0.4, -0.2) is 5.84 Å². The smallest absolute Gasteiger partial charge is 0.211 e. The van der Waals surface area contributed by atoms with Crippen molar-refractivity contribution in [1.82, 2.24) is 0 Å². The van der Waals surface area contributed by atoms with E-state index < -0.39 is 0 Å². The lowest BCUT2D eigenvalue weighted by molar-refractivity contribution is 0.627. The minimum atomic E-state index is -0.371. The molecule has 0 radical (unpaired) electrons. The van der Waals surface area contributed by atoms with Crippen LogP contribution in [0, 0.1) is 23.0 Å². The van der Waals surface area contributed by atoms with Crippen LogP contribution in [0.15, 0.2) is 53.5 Å². The first-order chi connectivity index (χ1) is 9.17. The number of aliphatic imine (C=N–C) groups is 1. The summed E-state index contributed by atoms with van der Waals surface area (Å²) in [6, 6.07) is 12.8. The maximum absolute atomic E-state index is 12.7. The van der Waals surface area contributed by atoms with Crippen molar-refractivity contribution in [3.63, 3.8) is 0 Å². The summed E-state index contributed by atoms with van der Waals surface area (Å²) in [6.45, 7) is 0. The topological polar surface area (TPSA) is 48.2 Å². The minimum Gasteiger partial charge on any atom is -0.331 e. The van der Waals surface area contributed by atoms with E-state index in [1.165, 1.54) is 48.5 Å². The average Bonchev–Trinajstić information content (AvgIpc) is 2.43. The van der Waals surface area contributed by atoms with Crippen molar-refractivity contribution >= 4 is 17.2 Å². The molecule has 0 atom stereocenters. The zero-order valence-corrected chi connectivity index (χ0v) is 9.77. The molecule has 1 N–H and O–H groups in total. The van der Waals surface area contributed by atoms with E-state index in [1.54, 1.807) is 0 Å². The number of nitrogens with one attached hydrogen (secondary N) is 1. The van der Waals surface area contributed by atoms with Crippen molar-refractivity contribution in [3.05, 3.63) is 60.2 Å². The molecule has 0 aliphatic heterocycles. The largest absolute Gasteiger partial charge is 0.331 e. The number of rotatable bonds is 2. The minimum absolute atomic E-state index is 0.0400. The quantitative estimate of drug-likeness (QED) is 0.659. The van der Waals surface area contributed by atoms with Crippen LogP contribution in [0.25, 0.3) is 0 Å². The van der Waals surface area contributed by atoms with Gasteiger partial charge in [0.25, 0.3) is 0 Å². The van der Waals surface area contributed by atoms with Crippen molar-refractivity contribution < 1.29 is 8.78 Å². The van der Waals surface area contributed by atoms with Crippen molar-refractivity contribution in [2.45, 2.75) is 0 Å². The number of halogens is 2. The van der Waals surface area contributed by atoms with Crippen LogP contribution in [-0.2, 0) is 0 Å². The molecule has 0 amide bonds. The lowest BCUT2D eigenvalue weighted by Gasteiger charge is -2.03. The fourth-order valence-electron chi connectivity index (χ4n) is 1.40. The molecule has 0 saturated heterocycles. The van der Waals surface area contributed by atoms with Crippen molar-refractivity contribution in [3.8, 4) is 6.07 Å². The van der Waals surface area contributed by atoms with Gasteiger partial charge in [-0.15, -0.1) is 0 Å². The van der Waals surface area contributed by atoms with Crippen LogP contribution in [0.5, 0.6) is 0 Å². The highest BCUT2D eigenvalue weighted by Gasteiger charge is 2.00. The fourth-order valence-corrected chi connectivity index (χ4v) is 1.40. The van der Waals surface area contributed by atoms with Gasteiger partial charge in [0.1, 0.15) is 17.7 Å². The van der Waals surface area contributed by atoms with E-state index in [4.69, 9.17) is 5.26 Å². The van der Waals surface area contributed by atoms with Gasteiger partial charge in [-0.1, -0.05) is 0 Å². The van der Waals surface area contributed by atoms with Crippen molar-refractivity contribution in [2.24, 2.45) is 4.99 Å². The first-order valence-electron chi connectivity index (χ1n) is 5.44. The second-order valence-electron chi connectivity index (χ2n) is 3.68. The van der Waals surface area contributed by atoms with Gasteiger partial charge in [0.2, 0.25) is 5.84 Å². The van der Waals surface area contributed by atoms with E-state index in [0.717, 1.165) is 0 Å². The second kappa shape index (κ2) is 5.74. The average molecular weight is 257 g/mol. The standard InChI is InChI=1S/C14H9F2N3/c15-10-1-5-12(6-2-10)18-14(9-17)19-13-7-3-11(16)4-8-13/h1-8H,(H,18,19). The molecule has 94 valence electrons. The normalized spacial score (nSPS) is 10.9. The Kier molecular flexibility index (Phi) is 3.84. The van der Waals surface area contributed by atoms with E-state index >= 15 is 0 Å². The first kappa shape index (κ1) is 12.7. The molecule has 0 aliphatic rings. The molecule has 0 saturated carbocycles. The van der Waals surface area contributed by atoms with E-state index in [1.807, 2.05) is 6.07 Å². The van der Waals surface area contributed by atoms with Crippen LogP contribution < -0.4 is 5.32 Å². The molecular formula is C14H9F2N3. The SMILES string of the molecule is N#CC(=Nc1ccc(F)cc1)Nc1ccc(F)cc1. The Morgan fingerprint density at radius 3 is 2.00 bits per heavy atom. The van der Waals surface area contributed by atoms with Gasteiger partial charge in [-0.05, 0) is 48.5 Å². The van der Waals surface area contributed by atoms with Crippen LogP contribution >= 0.6 is 0 Å². The molecule has 0 aromatic heterocycles. The molecule has 2 aromatic carbocycles. The Labute approximate surface area is 108 Å². The first-order valence-corrected chi connectivity index (χ1v) is 5.44. The van der Waals surface area contributed by atoms with E-state index in [9.17, 15) is 8.78 Å². The Bertz CT molecular complexity index is 625. The third kappa shape index (κ3) is 3.61. The summed E-state index contributed by atoms with van der Waals surface area (Å²) in [6.07, 6.45) is 0. The molecule has 0 bridgehead atoms. The van der Waals surface area contributed by atoms with Crippen LogP contribution in [0.1, 0.15) is 0 Å². The molecule has 19 heavy (non-hydrogen) atoms. The summed E-state index contributed by atoms with van der Waals surface area (Å²) >= 11 is 0. The molecule has 5 heteroatoms. The number of amidine groups is 1. The van der Waals surface area contributed by atoms with Gasteiger partial charge in [0, 0.05) is 5.69 Å². The monoisotopic (exact) mass is 257 g/mol. The van der Waals surface area contributed by atoms with Gasteiger partial charge in [0.15, 0.2) is 0 Å². The van der Waals surface area contributed by atoms with Gasteiger partial charge >= 0.3 is 0 Å². The number of nitriles is 1. The van der Waals surface area contributed by atoms with Crippen molar-refractivity contribution in [1.29, 1.82) is 5.26 Å². The molecular weight excluding hydrogens is 248 g/mol. The van der Waals surface area contributed by atoms with Gasteiger partial charge in [-0.25, -0.2) is 13.8 Å². The zero-order valence-electron chi connectivity index (χ0n) is 9.77. The number of hydrogen-bond acceptors (Lipinski definition) is 2. The Balaban J connectivity index is 2.18. The molecule has 3 nitrogen and oxygen atoms in total. The lowest BCUT2D eigenvalue weighted by Crippen LogP contribution is -2.08. The van der Waals surface area contributed by atoms with E-state index in [-0.39, 0.29) is 17.5 Å². The Hall–Kier alpha value is -2.74. The molecule has 0 heterocycles. The maximum Gasteiger partial charge on any atom is 0.211 e. The third-order valence-electron chi connectivity index (χ3n) is 2.28.